The van der Waals surface area contributed by atoms with Crippen molar-refractivity contribution in [2.75, 3.05) is 18.5 Å². The van der Waals surface area contributed by atoms with Crippen LogP contribution in [-0.4, -0.2) is 13.2 Å². The summed E-state index contributed by atoms with van der Waals surface area (Å²) in [5.41, 5.74) is 4.04. The minimum atomic E-state index is 0.605. The van der Waals surface area contributed by atoms with E-state index in [1.807, 2.05) is 42.5 Å². The lowest BCUT2D eigenvalue weighted by atomic mass is 10.1. The normalized spacial score (nSPS) is 13.3. The van der Waals surface area contributed by atoms with Crippen molar-refractivity contribution in [2.24, 2.45) is 0 Å². The number of benzene rings is 3. The molecule has 0 aliphatic carbocycles. The SMILES string of the molecule is c1ccc2c(c1)oc1ccc(NCc3ccc4c(c3)OCCO4)cc12. The first-order valence-corrected chi connectivity index (χ1v) is 8.40. The van der Waals surface area contributed by atoms with Crippen molar-refractivity contribution in [3.05, 3.63) is 66.2 Å². The molecule has 0 bridgehead atoms. The van der Waals surface area contributed by atoms with E-state index >= 15 is 0 Å². The van der Waals surface area contributed by atoms with Crippen LogP contribution in [0.5, 0.6) is 11.5 Å². The molecule has 0 unspecified atom stereocenters. The molecule has 25 heavy (non-hydrogen) atoms. The average Bonchev–Trinajstić information content (AvgIpc) is 3.04. The molecule has 124 valence electrons. The lowest BCUT2D eigenvalue weighted by Crippen LogP contribution is -2.15. The van der Waals surface area contributed by atoms with Gasteiger partial charge >= 0.3 is 0 Å². The maximum atomic E-state index is 5.87. The van der Waals surface area contributed by atoms with E-state index in [1.54, 1.807) is 0 Å². The predicted octanol–water partition coefficient (Wildman–Crippen LogP) is 4.97. The Bertz CT molecular complexity index is 1070. The van der Waals surface area contributed by atoms with Crippen LogP contribution in [0.15, 0.2) is 65.1 Å². The summed E-state index contributed by atoms with van der Waals surface area (Å²) >= 11 is 0. The van der Waals surface area contributed by atoms with Crippen LogP contribution < -0.4 is 14.8 Å². The van der Waals surface area contributed by atoms with Crippen molar-refractivity contribution in [1.82, 2.24) is 0 Å². The summed E-state index contributed by atoms with van der Waals surface area (Å²) in [6.45, 7) is 1.94. The van der Waals surface area contributed by atoms with Gasteiger partial charge in [0.25, 0.3) is 0 Å². The summed E-state index contributed by atoms with van der Waals surface area (Å²) in [5, 5.41) is 5.74. The highest BCUT2D eigenvalue weighted by Gasteiger charge is 2.12. The number of ether oxygens (including phenoxy) is 2. The second-order valence-corrected chi connectivity index (χ2v) is 6.14. The first kappa shape index (κ1) is 14.2. The van der Waals surface area contributed by atoms with E-state index in [9.17, 15) is 0 Å². The van der Waals surface area contributed by atoms with Gasteiger partial charge in [0.05, 0.1) is 0 Å². The topological polar surface area (TPSA) is 43.6 Å². The molecule has 0 amide bonds. The minimum absolute atomic E-state index is 0.605. The van der Waals surface area contributed by atoms with E-state index in [0.29, 0.717) is 13.2 Å². The van der Waals surface area contributed by atoms with Gasteiger partial charge in [0.2, 0.25) is 0 Å². The summed E-state index contributed by atoms with van der Waals surface area (Å²) in [6, 6.07) is 20.4. The Morgan fingerprint density at radius 1 is 0.760 bits per heavy atom. The molecule has 3 aromatic carbocycles. The van der Waals surface area contributed by atoms with Crippen LogP contribution in [0, 0.1) is 0 Å². The molecular formula is C21H17NO3. The Balaban J connectivity index is 1.41. The van der Waals surface area contributed by atoms with Crippen LogP contribution in [0.25, 0.3) is 21.9 Å². The molecule has 2 heterocycles. The van der Waals surface area contributed by atoms with Crippen molar-refractivity contribution < 1.29 is 13.9 Å². The molecule has 0 saturated carbocycles. The molecule has 0 atom stereocenters. The van der Waals surface area contributed by atoms with E-state index in [2.05, 4.69) is 23.5 Å². The molecule has 0 spiro atoms. The number of anilines is 1. The lowest BCUT2D eigenvalue weighted by molar-refractivity contribution is 0.171. The smallest absolute Gasteiger partial charge is 0.161 e. The number of fused-ring (bicyclic) bond motifs is 4. The quantitative estimate of drug-likeness (QED) is 0.576. The maximum absolute atomic E-state index is 5.87. The Morgan fingerprint density at radius 3 is 2.56 bits per heavy atom. The van der Waals surface area contributed by atoms with Crippen molar-refractivity contribution in [3.63, 3.8) is 0 Å². The van der Waals surface area contributed by atoms with Gasteiger partial charge in [-0.2, -0.15) is 0 Å². The molecule has 0 radical (unpaired) electrons. The van der Waals surface area contributed by atoms with Gasteiger partial charge in [-0.1, -0.05) is 24.3 Å². The molecular weight excluding hydrogens is 314 g/mol. The third kappa shape index (κ3) is 2.56. The lowest BCUT2D eigenvalue weighted by Gasteiger charge is -2.19. The Morgan fingerprint density at radius 2 is 1.60 bits per heavy atom. The van der Waals surface area contributed by atoms with E-state index in [1.165, 1.54) is 0 Å². The third-order valence-corrected chi connectivity index (χ3v) is 4.48. The second-order valence-electron chi connectivity index (χ2n) is 6.14. The van der Waals surface area contributed by atoms with Crippen molar-refractivity contribution in [1.29, 1.82) is 0 Å². The highest BCUT2D eigenvalue weighted by Crippen LogP contribution is 2.32. The summed E-state index contributed by atoms with van der Waals surface area (Å²) < 4.78 is 17.1. The zero-order valence-electron chi connectivity index (χ0n) is 13.6. The summed E-state index contributed by atoms with van der Waals surface area (Å²) in [6.07, 6.45) is 0. The fourth-order valence-corrected chi connectivity index (χ4v) is 3.24. The zero-order valence-corrected chi connectivity index (χ0v) is 13.6. The fourth-order valence-electron chi connectivity index (χ4n) is 3.24. The van der Waals surface area contributed by atoms with E-state index < -0.39 is 0 Å². The monoisotopic (exact) mass is 331 g/mol. The first-order chi connectivity index (χ1) is 12.4. The highest BCUT2D eigenvalue weighted by atomic mass is 16.6. The number of hydrogen-bond donors (Lipinski definition) is 1. The Hall–Kier alpha value is -3.14. The fraction of sp³-hybridized carbons (Fsp3) is 0.143. The number of para-hydroxylation sites is 1. The van der Waals surface area contributed by atoms with Crippen LogP contribution in [0.2, 0.25) is 0 Å². The van der Waals surface area contributed by atoms with E-state index in [4.69, 9.17) is 13.9 Å². The van der Waals surface area contributed by atoms with Crippen LogP contribution in [0.1, 0.15) is 5.56 Å². The van der Waals surface area contributed by atoms with Crippen molar-refractivity contribution in [3.8, 4) is 11.5 Å². The maximum Gasteiger partial charge on any atom is 0.161 e. The first-order valence-electron chi connectivity index (χ1n) is 8.40. The van der Waals surface area contributed by atoms with Crippen LogP contribution in [0.3, 0.4) is 0 Å². The molecule has 0 saturated heterocycles. The third-order valence-electron chi connectivity index (χ3n) is 4.48. The van der Waals surface area contributed by atoms with Crippen LogP contribution in [0.4, 0.5) is 5.69 Å². The van der Waals surface area contributed by atoms with Crippen molar-refractivity contribution >= 4 is 27.6 Å². The van der Waals surface area contributed by atoms with Gasteiger partial charge < -0.3 is 19.2 Å². The number of furan rings is 1. The van der Waals surface area contributed by atoms with Gasteiger partial charge in [-0.25, -0.2) is 0 Å². The number of hydrogen-bond acceptors (Lipinski definition) is 4. The molecule has 4 nitrogen and oxygen atoms in total. The van der Waals surface area contributed by atoms with Crippen LogP contribution in [-0.2, 0) is 6.54 Å². The molecule has 5 rings (SSSR count). The molecule has 1 aliphatic rings. The van der Waals surface area contributed by atoms with Gasteiger partial charge in [0.1, 0.15) is 24.4 Å². The van der Waals surface area contributed by atoms with E-state index in [-0.39, 0.29) is 0 Å². The minimum Gasteiger partial charge on any atom is -0.486 e. The Kier molecular flexibility index (Phi) is 3.27. The second kappa shape index (κ2) is 5.74. The number of rotatable bonds is 3. The van der Waals surface area contributed by atoms with Gasteiger partial charge in [0.15, 0.2) is 11.5 Å². The van der Waals surface area contributed by atoms with Gasteiger partial charge in [0, 0.05) is 23.0 Å². The number of nitrogens with one attached hydrogen (secondary N) is 1. The molecule has 4 heteroatoms. The molecule has 1 N–H and O–H groups in total. The summed E-state index contributed by atoms with van der Waals surface area (Å²) in [5.74, 6) is 1.64. The van der Waals surface area contributed by atoms with Gasteiger partial charge in [-0.15, -0.1) is 0 Å². The molecule has 0 fully saturated rings. The largest absolute Gasteiger partial charge is 0.486 e. The summed E-state index contributed by atoms with van der Waals surface area (Å²) in [7, 11) is 0. The standard InChI is InChI=1S/C21H17NO3/c1-2-4-18-16(3-1)17-12-15(6-8-19(17)25-18)22-13-14-5-7-20-21(11-14)24-10-9-23-20/h1-8,11-12,22H,9-10,13H2. The van der Waals surface area contributed by atoms with Crippen molar-refractivity contribution in [2.45, 2.75) is 6.54 Å². The predicted molar refractivity (Wildman–Crippen MR) is 98.5 cm³/mol. The van der Waals surface area contributed by atoms with Gasteiger partial charge in [-0.05, 0) is 42.0 Å². The van der Waals surface area contributed by atoms with E-state index in [0.717, 1.165) is 51.2 Å². The molecule has 4 aromatic rings. The van der Waals surface area contributed by atoms with Gasteiger partial charge in [-0.3, -0.25) is 0 Å². The zero-order chi connectivity index (χ0) is 16.6. The summed E-state index contributed by atoms with van der Waals surface area (Å²) in [4.78, 5) is 0. The molecule has 1 aromatic heterocycles. The van der Waals surface area contributed by atoms with Crippen LogP contribution >= 0.6 is 0 Å². The highest BCUT2D eigenvalue weighted by molar-refractivity contribution is 6.05. The average molecular weight is 331 g/mol. The Labute approximate surface area is 145 Å². The molecule has 1 aliphatic heterocycles.